The monoisotopic (exact) mass is 777 g/mol. The van der Waals surface area contributed by atoms with Gasteiger partial charge in [-0.3, -0.25) is 13.6 Å². The molecule has 1 spiro atoms. The van der Waals surface area contributed by atoms with Crippen LogP contribution < -0.4 is 0 Å². The van der Waals surface area contributed by atoms with Gasteiger partial charge in [0.1, 0.15) is 24.4 Å². The lowest BCUT2D eigenvalue weighted by atomic mass is 9.85. The largest absolute Gasteiger partial charge is 0.387 e. The van der Waals surface area contributed by atoms with Gasteiger partial charge in [0.15, 0.2) is 17.8 Å². The molecule has 0 aromatic carbocycles. The first-order chi connectivity index (χ1) is 25.1. The number of fused-ring (bicyclic) bond motifs is 3. The minimum Gasteiger partial charge on any atom is -0.387 e. The number of unbranched alkanes of at least 4 members (excludes halogenated alkanes) is 30. The summed E-state index contributed by atoms with van der Waals surface area (Å²) >= 11 is 0. The summed E-state index contributed by atoms with van der Waals surface area (Å²) < 4.78 is 40.0. The fourth-order valence-electron chi connectivity index (χ4n) is 9.11. The topological polar surface area (TPSA) is 134 Å². The van der Waals surface area contributed by atoms with Crippen LogP contribution >= 0.6 is 14.7 Å². The van der Waals surface area contributed by atoms with Gasteiger partial charge in [-0.05, 0) is 12.8 Å². The van der Waals surface area contributed by atoms with Crippen LogP contribution in [0.3, 0.4) is 0 Å². The molecule has 8 atom stereocenters. The molecule has 2 unspecified atom stereocenters. The van der Waals surface area contributed by atoms with Gasteiger partial charge < -0.3 is 25.0 Å². The Bertz CT molecular complexity index is 1040. The van der Waals surface area contributed by atoms with Gasteiger partial charge in [0.2, 0.25) is 0 Å². The fourth-order valence-corrected chi connectivity index (χ4v) is 16.4. The Labute approximate surface area is 319 Å². The van der Waals surface area contributed by atoms with Gasteiger partial charge in [-0.15, -0.1) is 0 Å². The van der Waals surface area contributed by atoms with E-state index in [2.05, 4.69) is 13.8 Å². The van der Waals surface area contributed by atoms with Crippen LogP contribution in [0.1, 0.15) is 219 Å². The molecule has 4 rings (SSSR count). The molecule has 2 bridgehead atoms. The average Bonchev–Trinajstić information content (AvgIpc) is 3.61. The molecule has 8 nitrogen and oxygen atoms in total. The Hall–Kier alpha value is 0.220. The third kappa shape index (κ3) is 12.6. The summed E-state index contributed by atoms with van der Waals surface area (Å²) in [7, 11) is -7.72. The summed E-state index contributed by atoms with van der Waals surface area (Å²) in [5, 5.41) is 40.4. The minimum absolute atomic E-state index is 0.0466. The summed E-state index contributed by atoms with van der Waals surface area (Å²) in [4.78, 5) is 0. The number of aliphatic hydroxyl groups is 4. The van der Waals surface area contributed by atoms with Crippen LogP contribution in [0.5, 0.6) is 0 Å². The second kappa shape index (κ2) is 24.8. The normalized spacial score (nSPS) is 32.3. The smallest absolute Gasteiger partial charge is 0.332 e. The van der Waals surface area contributed by atoms with Crippen molar-refractivity contribution >= 4 is 14.7 Å². The quantitative estimate of drug-likeness (QED) is 0.0375. The van der Waals surface area contributed by atoms with Crippen molar-refractivity contribution in [1.82, 2.24) is 0 Å². The lowest BCUT2D eigenvalue weighted by Gasteiger charge is -2.35. The molecule has 4 aliphatic rings. The molecule has 3 aliphatic heterocycles. The SMILES string of the molecule is CCCCCCCCCCCCCCCCCCP1(=O)O[C@@H]2[C@@H](O)[C@H](O)[C@@]3(O1)[C@@](O)([C@H]2O)P3(=O)CCCCCCCCCCCCCCCCCC. The number of rotatable bonds is 34. The van der Waals surface area contributed by atoms with E-state index in [9.17, 15) is 29.6 Å². The van der Waals surface area contributed by atoms with Crippen molar-refractivity contribution in [3.8, 4) is 0 Å². The van der Waals surface area contributed by atoms with Gasteiger partial charge >= 0.3 is 7.60 Å². The molecular weight excluding hydrogens is 694 g/mol. The molecule has 1 aliphatic carbocycles. The van der Waals surface area contributed by atoms with Crippen LogP contribution in [0.4, 0.5) is 0 Å². The van der Waals surface area contributed by atoms with E-state index in [0.717, 1.165) is 38.5 Å². The molecule has 0 aromatic heterocycles. The zero-order valence-corrected chi connectivity index (χ0v) is 35.5. The minimum atomic E-state index is -3.94. The molecule has 0 amide bonds. The zero-order chi connectivity index (χ0) is 37.8. The fraction of sp³-hybridized carbons (Fsp3) is 1.00. The summed E-state index contributed by atoms with van der Waals surface area (Å²) in [5.41, 5.74) is 0. The van der Waals surface area contributed by atoms with Crippen LogP contribution in [0.15, 0.2) is 0 Å². The van der Waals surface area contributed by atoms with E-state index >= 15 is 0 Å². The van der Waals surface area contributed by atoms with Gasteiger partial charge in [-0.2, -0.15) is 0 Å². The predicted octanol–water partition coefficient (Wildman–Crippen LogP) is 12.0. The summed E-state index contributed by atoms with van der Waals surface area (Å²) in [6.07, 6.45) is 32.3. The molecule has 4 fully saturated rings. The van der Waals surface area contributed by atoms with Crippen molar-refractivity contribution in [2.75, 3.05) is 12.3 Å². The molecule has 52 heavy (non-hydrogen) atoms. The standard InChI is InChI=1S/C42H82O8P2/c1-3-5-7-9-11-13-15-17-19-21-23-25-27-29-31-33-35-51(47)41(46)40(45)38-37(43)39(44)42(41,51)50-52(48,49-38)36-34-32-30-28-26-24-22-20-18-16-14-12-10-8-6-4-2/h37-40,43-46H,3-36H2,1-2H3/t37-,38-,39+,40+,41-,42+,51?,52?/m1/s1. The molecule has 1 saturated carbocycles. The summed E-state index contributed by atoms with van der Waals surface area (Å²) in [6.45, 7) is 4.52. The molecule has 4 N–H and O–H groups in total. The average molecular weight is 777 g/mol. The van der Waals surface area contributed by atoms with Crippen molar-refractivity contribution < 1.29 is 38.6 Å². The first kappa shape index (κ1) is 46.6. The van der Waals surface area contributed by atoms with Crippen molar-refractivity contribution in [2.45, 2.75) is 254 Å². The van der Waals surface area contributed by atoms with E-state index < -0.39 is 49.8 Å². The molecule has 0 aromatic rings. The van der Waals surface area contributed by atoms with Gasteiger partial charge in [0.05, 0.1) is 6.16 Å². The van der Waals surface area contributed by atoms with E-state index in [1.807, 2.05) is 0 Å². The first-order valence-corrected chi connectivity index (χ1v) is 26.1. The zero-order valence-electron chi connectivity index (χ0n) is 33.7. The first-order valence-electron chi connectivity index (χ1n) is 22.5. The maximum Gasteiger partial charge on any atom is 0.332 e. The predicted molar refractivity (Wildman–Crippen MR) is 216 cm³/mol. The Kier molecular flexibility index (Phi) is 22.2. The van der Waals surface area contributed by atoms with E-state index in [4.69, 9.17) is 9.05 Å². The second-order valence-corrected chi connectivity index (χ2v) is 22.2. The van der Waals surface area contributed by atoms with Crippen molar-refractivity contribution in [3.05, 3.63) is 0 Å². The van der Waals surface area contributed by atoms with Crippen LogP contribution in [0, 0.1) is 0 Å². The Balaban J connectivity index is 1.29. The highest BCUT2D eigenvalue weighted by molar-refractivity contribution is 7.76. The number of hydrogen-bond donors (Lipinski definition) is 4. The molecule has 308 valence electrons. The highest BCUT2D eigenvalue weighted by Crippen LogP contribution is 2.95. The van der Waals surface area contributed by atoms with E-state index in [1.54, 1.807) is 0 Å². The lowest BCUT2D eigenvalue weighted by molar-refractivity contribution is -0.190. The number of aliphatic hydroxyl groups excluding tert-OH is 3. The molecule has 10 heteroatoms. The van der Waals surface area contributed by atoms with Crippen molar-refractivity contribution in [3.63, 3.8) is 0 Å². The Morgan fingerprint density at radius 2 is 0.769 bits per heavy atom. The highest BCUT2D eigenvalue weighted by Gasteiger charge is 2.98. The lowest BCUT2D eigenvalue weighted by Crippen LogP contribution is -2.62. The maximum atomic E-state index is 14.4. The maximum absolute atomic E-state index is 14.4. The van der Waals surface area contributed by atoms with Crippen molar-refractivity contribution in [1.29, 1.82) is 0 Å². The van der Waals surface area contributed by atoms with Crippen LogP contribution in [0.25, 0.3) is 0 Å². The highest BCUT2D eigenvalue weighted by atomic mass is 31.2. The Morgan fingerprint density at radius 3 is 1.12 bits per heavy atom. The molecule has 3 heterocycles. The number of hydrogen-bond acceptors (Lipinski definition) is 8. The van der Waals surface area contributed by atoms with Crippen LogP contribution in [-0.2, 0) is 18.2 Å². The van der Waals surface area contributed by atoms with E-state index in [1.165, 1.54) is 154 Å². The van der Waals surface area contributed by atoms with Gasteiger partial charge in [0.25, 0.3) is 0 Å². The molecule has 3 saturated heterocycles. The van der Waals surface area contributed by atoms with Crippen LogP contribution in [-0.4, -0.2) is 67.9 Å². The van der Waals surface area contributed by atoms with Gasteiger partial charge in [-0.25, -0.2) is 0 Å². The van der Waals surface area contributed by atoms with Gasteiger partial charge in [-0.1, -0.05) is 206 Å². The third-order valence-electron chi connectivity index (χ3n) is 12.5. The third-order valence-corrected chi connectivity index (χ3v) is 18.9. The van der Waals surface area contributed by atoms with Crippen LogP contribution in [0.2, 0.25) is 0 Å². The molecule has 0 radical (unpaired) electrons. The Morgan fingerprint density at radius 1 is 0.462 bits per heavy atom. The van der Waals surface area contributed by atoms with E-state index in [-0.39, 0.29) is 12.3 Å². The van der Waals surface area contributed by atoms with Gasteiger partial charge in [0, 0.05) is 6.16 Å². The summed E-state index contributed by atoms with van der Waals surface area (Å²) in [6, 6.07) is 0. The van der Waals surface area contributed by atoms with E-state index in [0.29, 0.717) is 12.8 Å². The van der Waals surface area contributed by atoms with Crippen molar-refractivity contribution in [2.24, 2.45) is 0 Å². The molecular formula is C42H82O8P2. The summed E-state index contributed by atoms with van der Waals surface area (Å²) in [5.74, 6) is 0. The second-order valence-electron chi connectivity index (χ2n) is 16.9.